The van der Waals surface area contributed by atoms with Gasteiger partial charge in [-0.3, -0.25) is 4.57 Å². The molecule has 3 aromatic rings. The minimum absolute atomic E-state index is 0.392. The van der Waals surface area contributed by atoms with Gasteiger partial charge in [0.2, 0.25) is 5.82 Å². The largest absolute Gasteiger partial charge is 0.461 e. The van der Waals surface area contributed by atoms with Crippen molar-refractivity contribution in [2.75, 3.05) is 18.1 Å². The summed E-state index contributed by atoms with van der Waals surface area (Å²) in [6.45, 7) is 2.12. The van der Waals surface area contributed by atoms with E-state index in [1.54, 1.807) is 25.4 Å². The highest BCUT2D eigenvalue weighted by Gasteiger charge is 2.38. The molecule has 1 aliphatic rings. The van der Waals surface area contributed by atoms with Crippen molar-refractivity contribution < 1.29 is 14.6 Å². The molecule has 0 saturated carbocycles. The molecular formula is C20H23N5O3S. The molecule has 3 atom stereocenters. The molecule has 0 aromatic carbocycles. The van der Waals surface area contributed by atoms with Crippen LogP contribution in [0.2, 0.25) is 0 Å². The third kappa shape index (κ3) is 3.71. The first-order valence-electron chi connectivity index (χ1n) is 9.62. The molecule has 1 aliphatic heterocycles. The first-order chi connectivity index (χ1) is 14.1. The van der Waals surface area contributed by atoms with E-state index in [4.69, 9.17) is 9.40 Å². The monoisotopic (exact) mass is 413 g/mol. The third-order valence-corrected chi connectivity index (χ3v) is 6.12. The predicted molar refractivity (Wildman–Crippen MR) is 112 cm³/mol. The standard InChI is InChI=1S/C20H23N5O3S/c1-3-4-5-6-9-14-22-17(21-2)15-19(23-14)25(20-16(27)12(26)11-29-20)18(24-15)13-8-7-10-28-13/h7-8,10,12,16,20,26-27H,3-5,11H2,1-2H3,(H,21,22,23)/t12-,16-,20-/m1/s1. The number of aliphatic hydroxyl groups excluding tert-OH is 2. The fourth-order valence-electron chi connectivity index (χ4n) is 3.24. The SMILES string of the molecule is CCCCC#Cc1nc(NC)c2nc(-c3ccco3)n([C@@H]3SC[C@@H](O)[C@H]3O)c2n1. The Morgan fingerprint density at radius 2 is 2.21 bits per heavy atom. The molecule has 1 saturated heterocycles. The number of furan rings is 1. The van der Waals surface area contributed by atoms with Crippen LogP contribution in [0.5, 0.6) is 0 Å². The van der Waals surface area contributed by atoms with E-state index in [0.717, 1.165) is 19.3 Å². The summed E-state index contributed by atoms with van der Waals surface area (Å²) in [5, 5.41) is 23.3. The molecule has 9 heteroatoms. The van der Waals surface area contributed by atoms with Crippen molar-refractivity contribution >= 4 is 28.7 Å². The van der Waals surface area contributed by atoms with E-state index >= 15 is 0 Å². The van der Waals surface area contributed by atoms with Gasteiger partial charge in [-0.15, -0.1) is 11.8 Å². The molecular weight excluding hydrogens is 390 g/mol. The molecule has 0 aliphatic carbocycles. The summed E-state index contributed by atoms with van der Waals surface area (Å²) in [5.74, 6) is 8.60. The van der Waals surface area contributed by atoms with E-state index < -0.39 is 17.6 Å². The Balaban J connectivity index is 1.90. The molecule has 0 amide bonds. The van der Waals surface area contributed by atoms with E-state index in [1.165, 1.54) is 11.8 Å². The van der Waals surface area contributed by atoms with Crippen LogP contribution in [0.4, 0.5) is 5.82 Å². The number of hydrogen-bond acceptors (Lipinski definition) is 8. The lowest BCUT2D eigenvalue weighted by atomic mass is 10.2. The normalized spacial score (nSPS) is 21.3. The number of rotatable bonds is 5. The Morgan fingerprint density at radius 3 is 2.86 bits per heavy atom. The second-order valence-electron chi connectivity index (χ2n) is 6.79. The van der Waals surface area contributed by atoms with Crippen LogP contribution in [0, 0.1) is 11.8 Å². The van der Waals surface area contributed by atoms with Crippen LogP contribution in [-0.4, -0.2) is 54.7 Å². The molecule has 29 heavy (non-hydrogen) atoms. The lowest BCUT2D eigenvalue weighted by Gasteiger charge is -2.19. The Morgan fingerprint density at radius 1 is 1.34 bits per heavy atom. The van der Waals surface area contributed by atoms with Gasteiger partial charge in [-0.1, -0.05) is 19.3 Å². The molecule has 4 heterocycles. The van der Waals surface area contributed by atoms with Crippen LogP contribution in [0.3, 0.4) is 0 Å². The number of anilines is 1. The fourth-order valence-corrected chi connectivity index (χ4v) is 4.56. The molecule has 0 bridgehead atoms. The van der Waals surface area contributed by atoms with Crippen molar-refractivity contribution in [2.45, 2.75) is 43.8 Å². The lowest BCUT2D eigenvalue weighted by Crippen LogP contribution is -2.28. The second-order valence-corrected chi connectivity index (χ2v) is 7.94. The number of unbranched alkanes of at least 4 members (excludes halogenated alkanes) is 2. The van der Waals surface area contributed by atoms with Crippen molar-refractivity contribution in [3.8, 4) is 23.4 Å². The topological polar surface area (TPSA) is 109 Å². The fraction of sp³-hybridized carbons (Fsp3) is 0.450. The summed E-state index contributed by atoms with van der Waals surface area (Å²) in [7, 11) is 1.77. The summed E-state index contributed by atoms with van der Waals surface area (Å²) < 4.78 is 7.39. The van der Waals surface area contributed by atoms with E-state index in [0.29, 0.717) is 40.1 Å². The smallest absolute Gasteiger partial charge is 0.208 e. The summed E-state index contributed by atoms with van der Waals surface area (Å²) >= 11 is 1.45. The second kappa shape index (κ2) is 8.45. The quantitative estimate of drug-likeness (QED) is 0.433. The highest BCUT2D eigenvalue weighted by Crippen LogP contribution is 2.41. The maximum absolute atomic E-state index is 10.6. The van der Waals surface area contributed by atoms with Gasteiger partial charge in [0.25, 0.3) is 0 Å². The lowest BCUT2D eigenvalue weighted by molar-refractivity contribution is 0.0316. The number of hydrogen-bond donors (Lipinski definition) is 3. The molecule has 1 fully saturated rings. The van der Waals surface area contributed by atoms with Gasteiger partial charge >= 0.3 is 0 Å². The number of fused-ring (bicyclic) bond motifs is 1. The number of imidazole rings is 1. The van der Waals surface area contributed by atoms with Gasteiger partial charge < -0.3 is 19.9 Å². The van der Waals surface area contributed by atoms with Gasteiger partial charge in [-0.05, 0) is 24.5 Å². The van der Waals surface area contributed by atoms with Gasteiger partial charge in [0.15, 0.2) is 28.6 Å². The highest BCUT2D eigenvalue weighted by molar-refractivity contribution is 7.99. The number of nitrogens with zero attached hydrogens (tertiary/aromatic N) is 4. The van der Waals surface area contributed by atoms with Crippen molar-refractivity contribution in [1.82, 2.24) is 19.5 Å². The minimum Gasteiger partial charge on any atom is -0.461 e. The number of thioether (sulfide) groups is 1. The van der Waals surface area contributed by atoms with Crippen molar-refractivity contribution in [2.24, 2.45) is 0 Å². The molecule has 0 spiro atoms. The Bertz CT molecular complexity index is 1050. The van der Waals surface area contributed by atoms with Gasteiger partial charge in [-0.2, -0.15) is 0 Å². The zero-order chi connectivity index (χ0) is 20.4. The van der Waals surface area contributed by atoms with Crippen LogP contribution in [0.1, 0.15) is 37.4 Å². The van der Waals surface area contributed by atoms with Gasteiger partial charge in [0.05, 0.1) is 12.4 Å². The van der Waals surface area contributed by atoms with Crippen LogP contribution in [0.15, 0.2) is 22.8 Å². The summed E-state index contributed by atoms with van der Waals surface area (Å²) in [4.78, 5) is 13.8. The molecule has 8 nitrogen and oxygen atoms in total. The highest BCUT2D eigenvalue weighted by atomic mass is 32.2. The van der Waals surface area contributed by atoms with Crippen LogP contribution < -0.4 is 5.32 Å². The first kappa shape index (κ1) is 19.8. The first-order valence-corrected chi connectivity index (χ1v) is 10.7. The molecule has 0 radical (unpaired) electrons. The van der Waals surface area contributed by atoms with Gasteiger partial charge in [0, 0.05) is 19.2 Å². The van der Waals surface area contributed by atoms with Crippen LogP contribution in [-0.2, 0) is 0 Å². The number of aromatic nitrogens is 4. The van der Waals surface area contributed by atoms with Crippen LogP contribution in [0.25, 0.3) is 22.7 Å². The Hall–Kier alpha value is -2.54. The minimum atomic E-state index is -0.946. The number of aliphatic hydroxyl groups is 2. The molecule has 0 unspecified atom stereocenters. The van der Waals surface area contributed by atoms with E-state index in [9.17, 15) is 10.2 Å². The molecule has 3 N–H and O–H groups in total. The Labute approximate surface area is 172 Å². The molecule has 3 aromatic heterocycles. The van der Waals surface area contributed by atoms with E-state index in [2.05, 4.69) is 34.0 Å². The molecule has 4 rings (SSSR count). The van der Waals surface area contributed by atoms with Gasteiger partial charge in [0.1, 0.15) is 11.5 Å². The molecule has 152 valence electrons. The summed E-state index contributed by atoms with van der Waals surface area (Å²) in [6.07, 6.45) is 2.70. The average Bonchev–Trinajstić information content (AvgIpc) is 3.45. The Kier molecular flexibility index (Phi) is 5.76. The average molecular weight is 414 g/mol. The maximum atomic E-state index is 10.6. The maximum Gasteiger partial charge on any atom is 0.208 e. The zero-order valence-electron chi connectivity index (χ0n) is 16.3. The van der Waals surface area contributed by atoms with Crippen molar-refractivity contribution in [3.05, 3.63) is 24.2 Å². The summed E-state index contributed by atoms with van der Waals surface area (Å²) in [6, 6.07) is 3.58. The van der Waals surface area contributed by atoms with Gasteiger partial charge in [-0.25, -0.2) is 15.0 Å². The summed E-state index contributed by atoms with van der Waals surface area (Å²) in [5.41, 5.74) is 1.10. The van der Waals surface area contributed by atoms with Crippen molar-refractivity contribution in [1.29, 1.82) is 0 Å². The van der Waals surface area contributed by atoms with Crippen LogP contribution >= 0.6 is 11.8 Å². The van der Waals surface area contributed by atoms with E-state index in [-0.39, 0.29) is 0 Å². The predicted octanol–water partition coefficient (Wildman–Crippen LogP) is 2.64. The number of nitrogens with one attached hydrogen (secondary N) is 1. The zero-order valence-corrected chi connectivity index (χ0v) is 17.1. The third-order valence-electron chi connectivity index (χ3n) is 4.75. The van der Waals surface area contributed by atoms with E-state index in [1.807, 2.05) is 4.57 Å². The van der Waals surface area contributed by atoms with Crippen molar-refractivity contribution in [3.63, 3.8) is 0 Å².